The summed E-state index contributed by atoms with van der Waals surface area (Å²) in [6, 6.07) is 20.3. The number of hydrogen-bond donors (Lipinski definition) is 1. The van der Waals surface area contributed by atoms with Gasteiger partial charge in [0.2, 0.25) is 11.6 Å². The first-order chi connectivity index (χ1) is 17.0. The molecule has 0 bridgehead atoms. The molecule has 0 unspecified atom stereocenters. The molecule has 0 fully saturated rings. The molecule has 2 heterocycles. The minimum Gasteiger partial charge on any atom is -0.478 e. The monoisotopic (exact) mass is 468 g/mol. The number of hydrogen-bond acceptors (Lipinski definition) is 5. The van der Waals surface area contributed by atoms with Gasteiger partial charge in [-0.05, 0) is 29.7 Å². The van der Waals surface area contributed by atoms with Gasteiger partial charge in [-0.2, -0.15) is 0 Å². The Morgan fingerprint density at radius 2 is 1.69 bits per heavy atom. The number of carboxylic acid groups (broad SMARTS) is 1. The van der Waals surface area contributed by atoms with Crippen molar-refractivity contribution >= 4 is 11.8 Å². The maximum absolute atomic E-state index is 12.9. The molecule has 2 aromatic heterocycles. The van der Waals surface area contributed by atoms with Gasteiger partial charge in [0.15, 0.2) is 0 Å². The molecule has 0 spiro atoms. The van der Waals surface area contributed by atoms with Crippen LogP contribution in [0.1, 0.15) is 64.1 Å². The minimum atomic E-state index is -1.01. The molecule has 35 heavy (non-hydrogen) atoms. The van der Waals surface area contributed by atoms with E-state index >= 15 is 0 Å². The van der Waals surface area contributed by atoms with Gasteiger partial charge in [0.05, 0.1) is 17.8 Å². The van der Waals surface area contributed by atoms with E-state index in [0.29, 0.717) is 12.2 Å². The number of carboxylic acids is 1. The van der Waals surface area contributed by atoms with Crippen LogP contribution in [0.5, 0.6) is 0 Å². The van der Waals surface area contributed by atoms with Gasteiger partial charge in [0, 0.05) is 24.6 Å². The maximum atomic E-state index is 12.9. The molecular formula is C28H28N4O3. The summed E-state index contributed by atoms with van der Waals surface area (Å²) < 4.78 is 1.81. The predicted molar refractivity (Wildman–Crippen MR) is 133 cm³/mol. The van der Waals surface area contributed by atoms with Crippen molar-refractivity contribution in [3.63, 3.8) is 0 Å². The molecule has 0 aliphatic heterocycles. The molecule has 4 rings (SSSR count). The number of unbranched alkanes of at least 4 members (excludes halogenated alkanes) is 2. The summed E-state index contributed by atoms with van der Waals surface area (Å²) in [7, 11) is 0. The predicted octanol–water partition coefficient (Wildman–Crippen LogP) is 5.24. The lowest BCUT2D eigenvalue weighted by Crippen LogP contribution is -2.09. The molecule has 0 saturated heterocycles. The Bertz CT molecular complexity index is 1300. The smallest absolute Gasteiger partial charge is 0.337 e. The van der Waals surface area contributed by atoms with Crippen molar-refractivity contribution in [2.45, 2.75) is 45.6 Å². The van der Waals surface area contributed by atoms with Crippen LogP contribution >= 0.6 is 0 Å². The van der Waals surface area contributed by atoms with E-state index in [9.17, 15) is 14.7 Å². The summed E-state index contributed by atoms with van der Waals surface area (Å²) in [5, 5.41) is 14.0. The zero-order valence-corrected chi connectivity index (χ0v) is 19.7. The average molecular weight is 469 g/mol. The molecule has 7 heteroatoms. The largest absolute Gasteiger partial charge is 0.478 e. The van der Waals surface area contributed by atoms with Crippen molar-refractivity contribution < 1.29 is 14.7 Å². The van der Waals surface area contributed by atoms with Crippen LogP contribution in [-0.2, 0) is 19.4 Å². The number of aryl methyl sites for hydroxylation is 1. The highest BCUT2D eigenvalue weighted by atomic mass is 16.4. The summed E-state index contributed by atoms with van der Waals surface area (Å²) >= 11 is 0. The first-order valence-electron chi connectivity index (χ1n) is 11.8. The topological polar surface area (TPSA) is 98.0 Å². The molecule has 178 valence electrons. The van der Waals surface area contributed by atoms with Crippen LogP contribution in [0.25, 0.3) is 11.3 Å². The number of carbonyl (C=O) groups is 2. The molecule has 0 aliphatic rings. The number of Topliss-reactive ketones (excluding diaryl/α,β-unsaturated/α-hetero) is 1. The van der Waals surface area contributed by atoms with Crippen molar-refractivity contribution in [1.82, 2.24) is 19.7 Å². The molecule has 0 aliphatic carbocycles. The Labute approximate surface area is 204 Å². The van der Waals surface area contributed by atoms with Crippen molar-refractivity contribution in [3.05, 3.63) is 101 Å². The lowest BCUT2D eigenvalue weighted by atomic mass is 10.0. The van der Waals surface area contributed by atoms with Gasteiger partial charge in [-0.25, -0.2) is 14.5 Å². The summed E-state index contributed by atoms with van der Waals surface area (Å²) in [6.07, 6.45) is 5.78. The number of aromatic nitrogens is 4. The fourth-order valence-corrected chi connectivity index (χ4v) is 3.95. The van der Waals surface area contributed by atoms with Gasteiger partial charge < -0.3 is 5.11 Å². The zero-order chi connectivity index (χ0) is 24.6. The Kier molecular flexibility index (Phi) is 7.77. The molecule has 7 nitrogen and oxygen atoms in total. The molecule has 0 amide bonds. The van der Waals surface area contributed by atoms with Crippen molar-refractivity contribution in [1.29, 1.82) is 0 Å². The van der Waals surface area contributed by atoms with Crippen LogP contribution < -0.4 is 0 Å². The van der Waals surface area contributed by atoms with E-state index in [4.69, 9.17) is 0 Å². The molecule has 0 atom stereocenters. The van der Waals surface area contributed by atoms with Crippen LogP contribution in [0.4, 0.5) is 0 Å². The van der Waals surface area contributed by atoms with Crippen LogP contribution in [0, 0.1) is 0 Å². The van der Waals surface area contributed by atoms with Crippen LogP contribution in [0.2, 0.25) is 0 Å². The van der Waals surface area contributed by atoms with Gasteiger partial charge in [-0.15, -0.1) is 5.10 Å². The lowest BCUT2D eigenvalue weighted by Gasteiger charge is -2.08. The molecule has 4 aromatic rings. The van der Waals surface area contributed by atoms with Crippen LogP contribution in [-0.4, -0.2) is 36.6 Å². The third-order valence-electron chi connectivity index (χ3n) is 5.81. The maximum Gasteiger partial charge on any atom is 0.337 e. The van der Waals surface area contributed by atoms with E-state index in [-0.39, 0.29) is 23.6 Å². The van der Waals surface area contributed by atoms with E-state index in [1.165, 1.54) is 0 Å². The van der Waals surface area contributed by atoms with E-state index in [1.54, 1.807) is 18.3 Å². The van der Waals surface area contributed by atoms with Gasteiger partial charge in [0.25, 0.3) is 0 Å². The van der Waals surface area contributed by atoms with Gasteiger partial charge in [0.1, 0.15) is 5.82 Å². The van der Waals surface area contributed by atoms with Crippen LogP contribution in [0.15, 0.2) is 72.9 Å². The van der Waals surface area contributed by atoms with Gasteiger partial charge in [-0.1, -0.05) is 74.4 Å². The second kappa shape index (κ2) is 11.3. The highest BCUT2D eigenvalue weighted by Gasteiger charge is 2.17. The van der Waals surface area contributed by atoms with E-state index in [2.05, 4.69) is 22.0 Å². The fraction of sp³-hybridized carbons (Fsp3) is 0.250. The summed E-state index contributed by atoms with van der Waals surface area (Å²) in [4.78, 5) is 33.2. The van der Waals surface area contributed by atoms with Crippen molar-refractivity contribution in [2.24, 2.45) is 0 Å². The van der Waals surface area contributed by atoms with Crippen molar-refractivity contribution in [3.8, 4) is 11.3 Å². The summed E-state index contributed by atoms with van der Waals surface area (Å²) in [5.74, 6) is -0.0593. The number of pyridine rings is 1. The lowest BCUT2D eigenvalue weighted by molar-refractivity contribution is 0.0697. The number of aromatic carboxylic acids is 1. The molecule has 0 radical (unpaired) electrons. The van der Waals surface area contributed by atoms with Crippen LogP contribution in [0.3, 0.4) is 0 Å². The third kappa shape index (κ3) is 6.06. The number of rotatable bonds is 11. The first-order valence-corrected chi connectivity index (χ1v) is 11.8. The first kappa shape index (κ1) is 24.0. The number of benzene rings is 2. The molecule has 1 N–H and O–H groups in total. The Hall–Kier alpha value is -4.13. The Morgan fingerprint density at radius 1 is 0.914 bits per heavy atom. The van der Waals surface area contributed by atoms with Gasteiger partial charge >= 0.3 is 5.97 Å². The molecule has 0 saturated carbocycles. The Morgan fingerprint density at radius 3 is 2.40 bits per heavy atom. The average Bonchev–Trinajstić information content (AvgIpc) is 3.28. The Balaban J connectivity index is 1.55. The second-order valence-electron chi connectivity index (χ2n) is 8.45. The summed E-state index contributed by atoms with van der Waals surface area (Å²) in [6.45, 7) is 2.62. The highest BCUT2D eigenvalue weighted by Crippen LogP contribution is 2.22. The van der Waals surface area contributed by atoms with E-state index in [0.717, 1.165) is 48.2 Å². The van der Waals surface area contributed by atoms with Crippen molar-refractivity contribution in [2.75, 3.05) is 0 Å². The normalized spacial score (nSPS) is 10.9. The second-order valence-corrected chi connectivity index (χ2v) is 8.45. The molecule has 2 aromatic carbocycles. The third-order valence-corrected chi connectivity index (χ3v) is 5.81. The zero-order valence-electron chi connectivity index (χ0n) is 19.7. The van der Waals surface area contributed by atoms with Gasteiger partial charge in [-0.3, -0.25) is 9.78 Å². The quantitative estimate of drug-likeness (QED) is 0.239. The van der Waals surface area contributed by atoms with E-state index < -0.39 is 5.97 Å². The SMILES string of the molecule is CCCCCc1nc(C(=O)Cc2ccccc2)nn1Cc1ccc(-c2ncccc2C(=O)O)cc1. The number of nitrogens with zero attached hydrogens (tertiary/aromatic N) is 4. The van der Waals surface area contributed by atoms with E-state index in [1.807, 2.05) is 59.3 Å². The highest BCUT2D eigenvalue weighted by molar-refractivity contribution is 5.95. The summed E-state index contributed by atoms with van der Waals surface area (Å²) in [5.41, 5.74) is 3.24. The fourth-order valence-electron chi connectivity index (χ4n) is 3.95. The number of ketones is 1. The number of carbonyl (C=O) groups excluding carboxylic acids is 1. The molecular weight excluding hydrogens is 440 g/mol. The standard InChI is InChI=1S/C28H28N4O3/c1-2-3-5-12-25-30-27(24(33)18-20-9-6-4-7-10-20)31-32(25)19-21-13-15-22(16-14-21)26-23(28(34)35)11-8-17-29-26/h4,6-11,13-17H,2-3,5,12,18-19H2,1H3,(H,34,35). The minimum absolute atomic E-state index is 0.0987.